The molecule has 2 aromatic heterocycles. The maximum absolute atomic E-state index is 12.6. The molecular weight excluding hydrogens is 342 g/mol. The Morgan fingerprint density at radius 2 is 2.08 bits per heavy atom. The van der Waals surface area contributed by atoms with E-state index in [0.717, 1.165) is 69.3 Å². The van der Waals surface area contributed by atoms with Crippen LogP contribution in [0.3, 0.4) is 0 Å². The molecule has 1 aliphatic heterocycles. The van der Waals surface area contributed by atoms with Crippen LogP contribution in [-0.4, -0.2) is 32.7 Å². The van der Waals surface area contributed by atoms with Crippen molar-refractivity contribution in [2.24, 2.45) is 5.92 Å². The van der Waals surface area contributed by atoms with Crippen LogP contribution in [0.5, 0.6) is 0 Å². The summed E-state index contributed by atoms with van der Waals surface area (Å²) in [5.74, 6) is 1.40. The maximum atomic E-state index is 12.6. The molecule has 0 saturated carbocycles. The Kier molecular flexibility index (Phi) is 4.84. The van der Waals surface area contributed by atoms with Gasteiger partial charge in [0.15, 0.2) is 0 Å². The minimum atomic E-state index is -2.71. The smallest absolute Gasteiger partial charge is 0.280 e. The van der Waals surface area contributed by atoms with E-state index in [9.17, 15) is 13.6 Å². The first kappa shape index (κ1) is 17.3. The van der Waals surface area contributed by atoms with Gasteiger partial charge in [-0.05, 0) is 44.7 Å². The second-order valence-electron chi connectivity index (χ2n) is 7.21. The second-order valence-corrected chi connectivity index (χ2v) is 7.21. The average Bonchev–Trinajstić information content (AvgIpc) is 3.23. The largest absolute Gasteiger partial charge is 0.361 e. The van der Waals surface area contributed by atoms with E-state index < -0.39 is 17.7 Å². The lowest BCUT2D eigenvalue weighted by Gasteiger charge is -2.31. The number of alkyl halides is 2. The minimum absolute atomic E-state index is 0.353. The highest BCUT2D eigenvalue weighted by atomic mass is 19.3. The van der Waals surface area contributed by atoms with Gasteiger partial charge in [0.25, 0.3) is 12.0 Å². The topological polar surface area (TPSA) is 64.2 Å². The molecule has 6 nitrogen and oxygen atoms in total. The number of hydrogen-bond donors (Lipinski definition) is 0. The van der Waals surface area contributed by atoms with E-state index in [-0.39, 0.29) is 0 Å². The van der Waals surface area contributed by atoms with Crippen molar-refractivity contribution in [2.75, 3.05) is 13.1 Å². The molecule has 2 aliphatic rings. The first-order chi connectivity index (χ1) is 12.6. The van der Waals surface area contributed by atoms with E-state index in [0.29, 0.717) is 12.5 Å². The summed E-state index contributed by atoms with van der Waals surface area (Å²) in [6.45, 7) is 3.21. The summed E-state index contributed by atoms with van der Waals surface area (Å²) in [4.78, 5) is 18.0. The lowest BCUT2D eigenvalue weighted by molar-refractivity contribution is 0.144. The van der Waals surface area contributed by atoms with Crippen LogP contribution < -0.4 is 5.56 Å². The van der Waals surface area contributed by atoms with Crippen molar-refractivity contribution in [3.63, 3.8) is 0 Å². The molecule has 1 aliphatic carbocycles. The molecule has 2 aromatic rings. The predicted octanol–water partition coefficient (Wildman–Crippen LogP) is 2.57. The van der Waals surface area contributed by atoms with Crippen molar-refractivity contribution >= 4 is 0 Å². The summed E-state index contributed by atoms with van der Waals surface area (Å²) in [5.41, 5.74) is 1.50. The van der Waals surface area contributed by atoms with E-state index in [1.54, 1.807) is 0 Å². The molecule has 3 heterocycles. The van der Waals surface area contributed by atoms with Crippen molar-refractivity contribution in [1.82, 2.24) is 19.6 Å². The number of hydrogen-bond acceptors (Lipinski definition) is 5. The molecule has 0 N–H and O–H groups in total. The van der Waals surface area contributed by atoms with Gasteiger partial charge in [0.1, 0.15) is 17.1 Å². The van der Waals surface area contributed by atoms with E-state index in [4.69, 9.17) is 4.52 Å². The van der Waals surface area contributed by atoms with Crippen LogP contribution in [0.1, 0.15) is 48.4 Å². The summed E-state index contributed by atoms with van der Waals surface area (Å²) in [7, 11) is 0. The molecule has 26 heavy (non-hydrogen) atoms. The van der Waals surface area contributed by atoms with Crippen molar-refractivity contribution in [1.29, 1.82) is 0 Å². The minimum Gasteiger partial charge on any atom is -0.361 e. The second kappa shape index (κ2) is 7.26. The predicted molar refractivity (Wildman–Crippen MR) is 90.0 cm³/mol. The Morgan fingerprint density at radius 1 is 1.27 bits per heavy atom. The lowest BCUT2D eigenvalue weighted by Crippen LogP contribution is -2.36. The molecule has 0 bridgehead atoms. The molecule has 0 amide bonds. The van der Waals surface area contributed by atoms with Gasteiger partial charge in [0.05, 0.1) is 6.33 Å². The number of piperidine rings is 1. The van der Waals surface area contributed by atoms with E-state index in [2.05, 4.69) is 15.0 Å². The Balaban J connectivity index is 1.32. The number of likely N-dealkylation sites (tertiary alicyclic amines) is 1. The Hall–Kier alpha value is -2.09. The molecule has 4 rings (SSSR count). The molecular formula is C18H22F2N4O2. The van der Waals surface area contributed by atoms with Gasteiger partial charge >= 0.3 is 0 Å². The Labute approximate surface area is 149 Å². The standard InChI is InChI=1S/C18H22F2N4O2/c19-18(20)14-8-17(25)24(11-21-14)9-12-4-6-23(7-5-12)10-15-13-2-1-3-16(13)26-22-15/h8,11-12,18H,1-7,9-10H2. The number of halogens is 2. The van der Waals surface area contributed by atoms with Crippen molar-refractivity contribution in [3.05, 3.63) is 45.5 Å². The van der Waals surface area contributed by atoms with Crippen LogP contribution in [0.25, 0.3) is 0 Å². The summed E-state index contributed by atoms with van der Waals surface area (Å²) in [6.07, 6.45) is 3.67. The third-order valence-corrected chi connectivity index (χ3v) is 5.44. The third kappa shape index (κ3) is 3.56. The van der Waals surface area contributed by atoms with Crippen molar-refractivity contribution < 1.29 is 13.3 Å². The maximum Gasteiger partial charge on any atom is 0.280 e. The molecule has 1 saturated heterocycles. The van der Waals surface area contributed by atoms with Crippen molar-refractivity contribution in [2.45, 2.75) is 51.6 Å². The number of aryl methyl sites for hydroxylation is 1. The van der Waals surface area contributed by atoms with Gasteiger partial charge in [0, 0.05) is 31.1 Å². The zero-order valence-corrected chi connectivity index (χ0v) is 14.5. The summed E-state index contributed by atoms with van der Waals surface area (Å²) < 4.78 is 32.0. The highest BCUT2D eigenvalue weighted by Crippen LogP contribution is 2.27. The first-order valence-corrected chi connectivity index (χ1v) is 9.13. The average molecular weight is 364 g/mol. The van der Waals surface area contributed by atoms with E-state index in [1.807, 2.05) is 0 Å². The van der Waals surface area contributed by atoms with Crippen molar-refractivity contribution in [3.8, 4) is 0 Å². The van der Waals surface area contributed by atoms with Crippen LogP contribution in [0, 0.1) is 5.92 Å². The quantitative estimate of drug-likeness (QED) is 0.816. The fourth-order valence-electron chi connectivity index (χ4n) is 3.93. The van der Waals surface area contributed by atoms with Gasteiger partial charge in [0.2, 0.25) is 0 Å². The fraction of sp³-hybridized carbons (Fsp3) is 0.611. The van der Waals surface area contributed by atoms with Crippen LogP contribution in [-0.2, 0) is 25.9 Å². The molecule has 0 unspecified atom stereocenters. The van der Waals surface area contributed by atoms with Gasteiger partial charge in [-0.2, -0.15) is 0 Å². The van der Waals surface area contributed by atoms with Crippen LogP contribution in [0.15, 0.2) is 21.7 Å². The summed E-state index contributed by atoms with van der Waals surface area (Å²) in [6, 6.07) is 0.935. The van der Waals surface area contributed by atoms with Gasteiger partial charge < -0.3 is 4.52 Å². The number of aromatic nitrogens is 3. The third-order valence-electron chi connectivity index (χ3n) is 5.44. The number of nitrogens with zero attached hydrogens (tertiary/aromatic N) is 4. The van der Waals surface area contributed by atoms with E-state index >= 15 is 0 Å². The Bertz CT molecular complexity index is 825. The number of rotatable bonds is 5. The summed E-state index contributed by atoms with van der Waals surface area (Å²) in [5, 5.41) is 4.22. The Morgan fingerprint density at radius 3 is 2.81 bits per heavy atom. The molecule has 0 aromatic carbocycles. The van der Waals surface area contributed by atoms with Gasteiger partial charge in [-0.1, -0.05) is 5.16 Å². The highest BCUT2D eigenvalue weighted by Gasteiger charge is 2.25. The molecule has 0 atom stereocenters. The number of fused-ring (bicyclic) bond motifs is 1. The monoisotopic (exact) mass is 364 g/mol. The molecule has 0 spiro atoms. The fourth-order valence-corrected chi connectivity index (χ4v) is 3.93. The lowest BCUT2D eigenvalue weighted by atomic mass is 9.96. The molecule has 140 valence electrons. The van der Waals surface area contributed by atoms with Crippen LogP contribution in [0.2, 0.25) is 0 Å². The summed E-state index contributed by atoms with van der Waals surface area (Å²) >= 11 is 0. The normalized spacial score (nSPS) is 18.6. The molecule has 1 fully saturated rings. The van der Waals surface area contributed by atoms with Crippen LogP contribution in [0.4, 0.5) is 8.78 Å². The molecule has 0 radical (unpaired) electrons. The zero-order valence-electron chi connectivity index (χ0n) is 14.5. The molecule has 8 heteroatoms. The zero-order chi connectivity index (χ0) is 18.1. The van der Waals surface area contributed by atoms with Gasteiger partial charge in [-0.3, -0.25) is 14.3 Å². The highest BCUT2D eigenvalue weighted by molar-refractivity contribution is 5.27. The SMILES string of the molecule is O=c1cc(C(F)F)ncn1CC1CCN(Cc2noc3c2CCC3)CC1. The van der Waals surface area contributed by atoms with Gasteiger partial charge in [-0.15, -0.1) is 0 Å². The van der Waals surface area contributed by atoms with Gasteiger partial charge in [-0.25, -0.2) is 13.8 Å². The van der Waals surface area contributed by atoms with E-state index in [1.165, 1.54) is 16.5 Å². The first-order valence-electron chi connectivity index (χ1n) is 9.13. The van der Waals surface area contributed by atoms with Crippen LogP contribution >= 0.6 is 0 Å².